The molecule has 1 aliphatic carbocycles. The summed E-state index contributed by atoms with van der Waals surface area (Å²) in [4.78, 5) is 0. The summed E-state index contributed by atoms with van der Waals surface area (Å²) >= 11 is 5.31. The van der Waals surface area contributed by atoms with Crippen molar-refractivity contribution in [1.29, 1.82) is 0 Å². The molecular formula is C12H15ClO2. The molecule has 0 amide bonds. The van der Waals surface area contributed by atoms with Gasteiger partial charge >= 0.3 is 0 Å². The minimum absolute atomic E-state index is 0.361. The highest BCUT2D eigenvalue weighted by Gasteiger charge is 2.19. The molecule has 1 aliphatic rings. The quantitative estimate of drug-likeness (QED) is 0.827. The highest BCUT2D eigenvalue weighted by atomic mass is 35.5. The van der Waals surface area contributed by atoms with Gasteiger partial charge in [-0.1, -0.05) is 19.3 Å². The molecule has 1 aromatic rings. The van der Waals surface area contributed by atoms with E-state index in [0.29, 0.717) is 17.4 Å². The second kappa shape index (κ2) is 4.75. The zero-order chi connectivity index (χ0) is 10.7. The Balaban J connectivity index is 2.24. The second-order valence-electron chi connectivity index (χ2n) is 4.13. The summed E-state index contributed by atoms with van der Waals surface area (Å²) in [6, 6.07) is 5.18. The van der Waals surface area contributed by atoms with Gasteiger partial charge in [-0.05, 0) is 37.0 Å². The van der Waals surface area contributed by atoms with Crippen LogP contribution in [0.15, 0.2) is 18.2 Å². The molecule has 2 rings (SSSR count). The molecule has 0 unspecified atom stereocenters. The molecular weight excluding hydrogens is 212 g/mol. The number of rotatable bonds is 2. The van der Waals surface area contributed by atoms with E-state index in [1.165, 1.54) is 19.3 Å². The topological polar surface area (TPSA) is 29.5 Å². The van der Waals surface area contributed by atoms with Crippen molar-refractivity contribution in [3.8, 4) is 11.5 Å². The summed E-state index contributed by atoms with van der Waals surface area (Å²) in [6.07, 6.45) is 6.10. The van der Waals surface area contributed by atoms with Crippen LogP contribution in [0.5, 0.6) is 11.5 Å². The number of phenols is 1. The van der Waals surface area contributed by atoms with Crippen LogP contribution in [0.4, 0.5) is 0 Å². The minimum atomic E-state index is 0.361. The third-order valence-corrected chi connectivity index (χ3v) is 3.31. The first-order chi connectivity index (χ1) is 7.31. The molecule has 0 aliphatic heterocycles. The highest BCUT2D eigenvalue weighted by molar-refractivity contribution is 6.09. The first-order valence-corrected chi connectivity index (χ1v) is 5.73. The van der Waals surface area contributed by atoms with E-state index >= 15 is 0 Å². The van der Waals surface area contributed by atoms with Crippen molar-refractivity contribution < 1.29 is 9.40 Å². The Bertz CT molecular complexity index is 332. The first kappa shape index (κ1) is 10.6. The Kier molecular flexibility index (Phi) is 3.37. The maximum absolute atomic E-state index is 9.78. The van der Waals surface area contributed by atoms with E-state index in [4.69, 9.17) is 11.9 Å². The maximum atomic E-state index is 9.78. The summed E-state index contributed by atoms with van der Waals surface area (Å²) in [5.41, 5.74) is 0.979. The van der Waals surface area contributed by atoms with Gasteiger partial charge in [0.15, 0.2) is 0 Å². The molecule has 0 spiro atoms. The molecule has 0 atom stereocenters. The molecule has 0 aromatic heterocycles. The predicted octanol–water partition coefficient (Wildman–Crippen LogP) is 3.97. The summed E-state index contributed by atoms with van der Waals surface area (Å²) in [6.45, 7) is 0. The van der Waals surface area contributed by atoms with Gasteiger partial charge in [0.05, 0.1) is 0 Å². The number of hydrogen-bond acceptors (Lipinski definition) is 2. The van der Waals surface area contributed by atoms with Crippen LogP contribution in [-0.4, -0.2) is 5.11 Å². The number of halogens is 1. The lowest BCUT2D eigenvalue weighted by Crippen LogP contribution is -2.04. The summed E-state index contributed by atoms with van der Waals surface area (Å²) in [7, 11) is 0. The van der Waals surface area contributed by atoms with Gasteiger partial charge in [0.1, 0.15) is 23.4 Å². The van der Waals surface area contributed by atoms with Crippen molar-refractivity contribution in [1.82, 2.24) is 0 Å². The SMILES string of the molecule is Oc1ccc(OCl)cc1C1CCCCC1. The van der Waals surface area contributed by atoms with Crippen molar-refractivity contribution in [3.63, 3.8) is 0 Å². The van der Waals surface area contributed by atoms with E-state index in [1.807, 2.05) is 6.07 Å². The lowest BCUT2D eigenvalue weighted by molar-refractivity contribution is 0.413. The molecule has 1 fully saturated rings. The Morgan fingerprint density at radius 1 is 1.20 bits per heavy atom. The molecule has 0 radical (unpaired) electrons. The van der Waals surface area contributed by atoms with E-state index in [2.05, 4.69) is 4.29 Å². The fourth-order valence-corrected chi connectivity index (χ4v) is 2.42. The number of benzene rings is 1. The van der Waals surface area contributed by atoms with Crippen LogP contribution in [0, 0.1) is 0 Å². The van der Waals surface area contributed by atoms with Gasteiger partial charge in [-0.2, -0.15) is 0 Å². The van der Waals surface area contributed by atoms with E-state index in [0.717, 1.165) is 18.4 Å². The Hall–Kier alpha value is -0.890. The Labute approximate surface area is 95.0 Å². The molecule has 1 aromatic carbocycles. The van der Waals surface area contributed by atoms with Gasteiger partial charge in [-0.3, -0.25) is 0 Å². The van der Waals surface area contributed by atoms with Crippen molar-refractivity contribution in [3.05, 3.63) is 23.8 Å². The third kappa shape index (κ3) is 2.37. The third-order valence-electron chi connectivity index (χ3n) is 3.13. The van der Waals surface area contributed by atoms with Crippen LogP contribution < -0.4 is 4.29 Å². The summed E-state index contributed by atoms with van der Waals surface area (Å²) in [5, 5.41) is 9.78. The van der Waals surface area contributed by atoms with Crippen LogP contribution in [0.25, 0.3) is 0 Å². The van der Waals surface area contributed by atoms with Crippen LogP contribution in [0.1, 0.15) is 43.6 Å². The van der Waals surface area contributed by atoms with Crippen LogP contribution in [0.2, 0.25) is 0 Å². The largest absolute Gasteiger partial charge is 0.508 e. The molecule has 3 heteroatoms. The molecule has 0 bridgehead atoms. The summed E-state index contributed by atoms with van der Waals surface area (Å²) in [5.74, 6) is 1.43. The Morgan fingerprint density at radius 3 is 2.60 bits per heavy atom. The van der Waals surface area contributed by atoms with Gasteiger partial charge in [-0.25, -0.2) is 0 Å². The average molecular weight is 227 g/mol. The Morgan fingerprint density at radius 2 is 1.93 bits per heavy atom. The van der Waals surface area contributed by atoms with Crippen molar-refractivity contribution in [2.45, 2.75) is 38.0 Å². The van der Waals surface area contributed by atoms with Gasteiger partial charge in [0.2, 0.25) is 0 Å². The molecule has 1 saturated carbocycles. The summed E-state index contributed by atoms with van der Waals surface area (Å²) < 4.78 is 4.66. The molecule has 15 heavy (non-hydrogen) atoms. The van der Waals surface area contributed by atoms with Crippen molar-refractivity contribution >= 4 is 11.9 Å². The highest BCUT2D eigenvalue weighted by Crippen LogP contribution is 2.38. The zero-order valence-electron chi connectivity index (χ0n) is 8.58. The van der Waals surface area contributed by atoms with Crippen molar-refractivity contribution in [2.24, 2.45) is 0 Å². The van der Waals surface area contributed by atoms with E-state index in [9.17, 15) is 5.11 Å². The van der Waals surface area contributed by atoms with E-state index in [1.54, 1.807) is 12.1 Å². The fourth-order valence-electron chi connectivity index (χ4n) is 2.32. The zero-order valence-corrected chi connectivity index (χ0v) is 9.33. The monoisotopic (exact) mass is 226 g/mol. The fraction of sp³-hybridized carbons (Fsp3) is 0.500. The predicted molar refractivity (Wildman–Crippen MR) is 60.4 cm³/mol. The molecule has 0 heterocycles. The number of phenolic OH excluding ortho intramolecular Hbond substituents is 1. The lowest BCUT2D eigenvalue weighted by atomic mass is 9.83. The lowest BCUT2D eigenvalue weighted by Gasteiger charge is -2.22. The first-order valence-electron chi connectivity index (χ1n) is 5.43. The van der Waals surface area contributed by atoms with Crippen LogP contribution in [0.3, 0.4) is 0 Å². The van der Waals surface area contributed by atoms with E-state index < -0.39 is 0 Å². The minimum Gasteiger partial charge on any atom is -0.508 e. The smallest absolute Gasteiger partial charge is 0.146 e. The van der Waals surface area contributed by atoms with Gasteiger partial charge in [0.25, 0.3) is 0 Å². The van der Waals surface area contributed by atoms with E-state index in [-0.39, 0.29) is 0 Å². The molecule has 1 N–H and O–H groups in total. The molecule has 2 nitrogen and oxygen atoms in total. The molecule has 0 saturated heterocycles. The van der Waals surface area contributed by atoms with Gasteiger partial charge in [-0.15, -0.1) is 0 Å². The van der Waals surface area contributed by atoms with Gasteiger partial charge < -0.3 is 9.40 Å². The second-order valence-corrected chi connectivity index (χ2v) is 4.29. The molecule has 82 valence electrons. The number of hydrogen-bond donors (Lipinski definition) is 1. The van der Waals surface area contributed by atoms with Crippen LogP contribution in [-0.2, 0) is 0 Å². The maximum Gasteiger partial charge on any atom is 0.146 e. The van der Waals surface area contributed by atoms with Crippen molar-refractivity contribution in [2.75, 3.05) is 0 Å². The standard InChI is InChI=1S/C12H15ClO2/c13-15-10-6-7-12(14)11(8-10)9-4-2-1-3-5-9/h6-9,14H,1-5H2. The number of aromatic hydroxyl groups is 1. The normalized spacial score (nSPS) is 17.7. The van der Waals surface area contributed by atoms with Gasteiger partial charge in [0, 0.05) is 5.56 Å². The average Bonchev–Trinajstić information content (AvgIpc) is 2.31. The van der Waals surface area contributed by atoms with Crippen LogP contribution >= 0.6 is 11.9 Å².